The van der Waals surface area contributed by atoms with E-state index in [9.17, 15) is 22.7 Å². The Balaban J connectivity index is 0.000000345. The summed E-state index contributed by atoms with van der Waals surface area (Å²) in [4.78, 5) is 16.5. The van der Waals surface area contributed by atoms with Crippen molar-refractivity contribution in [3.05, 3.63) is 28.5 Å². The molecule has 3 aromatic rings. The van der Waals surface area contributed by atoms with Crippen LogP contribution in [0.3, 0.4) is 0 Å². The number of unbranched alkanes of at least 4 members (excludes halogenated alkanes) is 3. The van der Waals surface area contributed by atoms with Gasteiger partial charge in [-0.2, -0.15) is 23.1 Å². The van der Waals surface area contributed by atoms with E-state index < -0.39 is 45.8 Å². The van der Waals surface area contributed by atoms with Crippen molar-refractivity contribution < 1.29 is 36.5 Å². The maximum Gasteiger partial charge on any atom is 0.418 e. The number of phenolic OH excluding ortho intramolecular Hbond substituents is 1. The van der Waals surface area contributed by atoms with Gasteiger partial charge in [-0.3, -0.25) is 4.90 Å². The number of halogens is 6. The third kappa shape index (κ3) is 6.52. The molecule has 5 heterocycles. The van der Waals surface area contributed by atoms with Gasteiger partial charge in [-0.05, 0) is 44.4 Å². The summed E-state index contributed by atoms with van der Waals surface area (Å²) in [5, 5.41) is 9.22. The third-order valence-electron chi connectivity index (χ3n) is 7.91. The molecule has 6 rings (SSSR count). The standard InChI is InChI=1S/C22H21ClF4N4O3.C7H12FN/c1-3-4-5-6-7-31-10-34-20-14-18(29-21(33-2)30-19(14)31)16(24)17(28-20)12-8-11(32)9-13(23)15(12)22(25,26)27;8-6-4-7-2-1-3-9(7)5-6/h8-9,32H,3-7,10H2,1-2H3;6-7H,1-5H2. The molecule has 3 aliphatic rings. The first-order chi connectivity index (χ1) is 20.5. The monoisotopic (exact) mass is 629 g/mol. The van der Waals surface area contributed by atoms with Gasteiger partial charge >= 0.3 is 12.2 Å². The smallest absolute Gasteiger partial charge is 0.418 e. The number of phenols is 1. The molecule has 43 heavy (non-hydrogen) atoms. The van der Waals surface area contributed by atoms with E-state index in [-0.39, 0.29) is 29.5 Å². The number of hydrogen-bond donors (Lipinski definition) is 1. The van der Waals surface area contributed by atoms with Crippen LogP contribution in [0.15, 0.2) is 12.1 Å². The summed E-state index contributed by atoms with van der Waals surface area (Å²) in [5.41, 5.74) is -3.10. The number of rotatable bonds is 7. The van der Waals surface area contributed by atoms with Crippen LogP contribution in [0.2, 0.25) is 5.02 Å². The summed E-state index contributed by atoms with van der Waals surface area (Å²) in [7, 11) is 1.30. The zero-order chi connectivity index (χ0) is 30.9. The Hall–Kier alpha value is -3.19. The zero-order valence-corrected chi connectivity index (χ0v) is 24.6. The summed E-state index contributed by atoms with van der Waals surface area (Å²) in [6.07, 6.45) is 1.81. The minimum atomic E-state index is -4.94. The lowest BCUT2D eigenvalue weighted by Crippen LogP contribution is -2.33. The van der Waals surface area contributed by atoms with Crippen molar-refractivity contribution in [3.8, 4) is 28.9 Å². The average Bonchev–Trinajstić information content (AvgIpc) is 3.53. The van der Waals surface area contributed by atoms with Gasteiger partial charge in [-0.15, -0.1) is 0 Å². The second-order valence-corrected chi connectivity index (χ2v) is 11.3. The minimum Gasteiger partial charge on any atom is -0.508 e. The van der Waals surface area contributed by atoms with Crippen molar-refractivity contribution in [2.24, 2.45) is 0 Å². The Kier molecular flexibility index (Phi) is 9.31. The first-order valence-electron chi connectivity index (χ1n) is 14.3. The minimum absolute atomic E-state index is 0.0133. The second kappa shape index (κ2) is 12.8. The number of aromatic hydroxyl groups is 1. The molecule has 0 radical (unpaired) electrons. The number of fused-ring (bicyclic) bond motifs is 1. The molecule has 1 N–H and O–H groups in total. The van der Waals surface area contributed by atoms with Crippen molar-refractivity contribution in [1.82, 2.24) is 19.9 Å². The largest absolute Gasteiger partial charge is 0.508 e. The van der Waals surface area contributed by atoms with Crippen LogP contribution in [0.5, 0.6) is 17.6 Å². The van der Waals surface area contributed by atoms with Crippen molar-refractivity contribution in [3.63, 3.8) is 0 Å². The van der Waals surface area contributed by atoms with E-state index in [1.54, 1.807) is 4.90 Å². The molecule has 2 saturated heterocycles. The van der Waals surface area contributed by atoms with E-state index in [1.165, 1.54) is 20.0 Å². The molecule has 0 saturated carbocycles. The summed E-state index contributed by atoms with van der Waals surface area (Å²) in [6.45, 7) is 4.53. The highest BCUT2D eigenvalue weighted by atomic mass is 35.5. The summed E-state index contributed by atoms with van der Waals surface area (Å²) in [6, 6.07) is 1.93. The lowest BCUT2D eigenvalue weighted by atomic mass is 10.0. The molecule has 2 aromatic heterocycles. The number of methoxy groups -OCH3 is 1. The highest BCUT2D eigenvalue weighted by molar-refractivity contribution is 6.32. The van der Waals surface area contributed by atoms with E-state index >= 15 is 4.39 Å². The van der Waals surface area contributed by atoms with E-state index in [1.807, 2.05) is 0 Å². The van der Waals surface area contributed by atoms with E-state index in [0.717, 1.165) is 50.8 Å². The fourth-order valence-corrected chi connectivity index (χ4v) is 6.22. The molecular formula is C29H33ClF5N5O3. The zero-order valence-electron chi connectivity index (χ0n) is 23.9. The van der Waals surface area contributed by atoms with Gasteiger partial charge < -0.3 is 19.5 Å². The molecule has 0 aliphatic carbocycles. The van der Waals surface area contributed by atoms with Crippen LogP contribution in [0.25, 0.3) is 22.2 Å². The summed E-state index contributed by atoms with van der Waals surface area (Å²) >= 11 is 5.77. The lowest BCUT2D eigenvalue weighted by Gasteiger charge is -2.30. The Morgan fingerprint density at radius 1 is 1.16 bits per heavy atom. The van der Waals surface area contributed by atoms with Crippen LogP contribution in [0.1, 0.15) is 57.4 Å². The quantitative estimate of drug-likeness (QED) is 0.218. The summed E-state index contributed by atoms with van der Waals surface area (Å²) in [5.74, 6) is -1.53. The molecule has 2 atom stereocenters. The van der Waals surface area contributed by atoms with Gasteiger partial charge in [0.1, 0.15) is 28.5 Å². The first kappa shape index (κ1) is 31.2. The average molecular weight is 630 g/mol. The SMILES string of the molecule is CCCCCCN1COc2nc(-c3cc(O)cc(Cl)c3C(F)(F)F)c(F)c3nc(OC)nc1c23.FC1CC2CCCN2C1. The Morgan fingerprint density at radius 3 is 2.65 bits per heavy atom. The van der Waals surface area contributed by atoms with Crippen molar-refractivity contribution in [2.75, 3.05) is 38.4 Å². The molecule has 1 aromatic carbocycles. The van der Waals surface area contributed by atoms with Gasteiger partial charge in [0.25, 0.3) is 0 Å². The molecule has 0 bridgehead atoms. The predicted octanol–water partition coefficient (Wildman–Crippen LogP) is 7.15. The van der Waals surface area contributed by atoms with Gasteiger partial charge in [0.15, 0.2) is 18.4 Å². The molecule has 14 heteroatoms. The number of benzene rings is 1. The predicted molar refractivity (Wildman–Crippen MR) is 152 cm³/mol. The molecule has 3 aliphatic heterocycles. The number of ether oxygens (including phenoxy) is 2. The van der Waals surface area contributed by atoms with Gasteiger partial charge in [0.2, 0.25) is 5.88 Å². The van der Waals surface area contributed by atoms with Gasteiger partial charge in [0, 0.05) is 24.7 Å². The van der Waals surface area contributed by atoms with Crippen molar-refractivity contribution in [2.45, 2.75) is 70.3 Å². The Bertz CT molecular complexity index is 1470. The lowest BCUT2D eigenvalue weighted by molar-refractivity contribution is -0.137. The van der Waals surface area contributed by atoms with Crippen LogP contribution < -0.4 is 14.4 Å². The first-order valence-corrected chi connectivity index (χ1v) is 14.7. The maximum atomic E-state index is 15.7. The Morgan fingerprint density at radius 2 is 1.95 bits per heavy atom. The molecular weight excluding hydrogens is 597 g/mol. The number of nitrogens with zero attached hydrogens (tertiary/aromatic N) is 5. The molecule has 234 valence electrons. The second-order valence-electron chi connectivity index (χ2n) is 10.9. The highest BCUT2D eigenvalue weighted by Gasteiger charge is 2.39. The van der Waals surface area contributed by atoms with Crippen LogP contribution in [-0.4, -0.2) is 70.6 Å². The van der Waals surface area contributed by atoms with E-state index in [2.05, 4.69) is 26.8 Å². The molecule has 2 unspecified atom stereocenters. The topological polar surface area (TPSA) is 83.8 Å². The van der Waals surface area contributed by atoms with Crippen molar-refractivity contribution >= 4 is 28.3 Å². The number of hydrogen-bond acceptors (Lipinski definition) is 8. The fraction of sp³-hybridized carbons (Fsp3) is 0.552. The molecule has 0 spiro atoms. The number of pyridine rings is 1. The number of aromatic nitrogens is 3. The van der Waals surface area contributed by atoms with Crippen molar-refractivity contribution in [1.29, 1.82) is 0 Å². The summed E-state index contributed by atoms with van der Waals surface area (Å²) < 4.78 is 80.5. The van der Waals surface area contributed by atoms with Gasteiger partial charge in [-0.1, -0.05) is 37.8 Å². The van der Waals surface area contributed by atoms with Crippen LogP contribution in [-0.2, 0) is 6.18 Å². The maximum absolute atomic E-state index is 15.7. The molecule has 8 nitrogen and oxygen atoms in total. The van der Waals surface area contributed by atoms with Crippen LogP contribution in [0, 0.1) is 5.82 Å². The fourth-order valence-electron chi connectivity index (χ4n) is 5.90. The van der Waals surface area contributed by atoms with Gasteiger partial charge in [-0.25, -0.2) is 13.8 Å². The third-order valence-corrected chi connectivity index (χ3v) is 8.20. The van der Waals surface area contributed by atoms with Crippen LogP contribution >= 0.6 is 11.6 Å². The van der Waals surface area contributed by atoms with Crippen LogP contribution in [0.4, 0.5) is 27.8 Å². The molecule has 2 fully saturated rings. The highest BCUT2D eigenvalue weighted by Crippen LogP contribution is 2.46. The van der Waals surface area contributed by atoms with E-state index in [4.69, 9.17) is 21.1 Å². The number of alkyl halides is 4. The normalized spacial score (nSPS) is 19.7. The number of anilines is 1. The van der Waals surface area contributed by atoms with E-state index in [0.29, 0.717) is 24.9 Å². The Labute approximate surface area is 250 Å². The molecule has 0 amide bonds. The van der Waals surface area contributed by atoms with Gasteiger partial charge in [0.05, 0.1) is 17.7 Å².